The molecule has 0 spiro atoms. The summed E-state index contributed by atoms with van der Waals surface area (Å²) in [5, 5.41) is 27.9. The first-order valence-electron chi connectivity index (χ1n) is 8.42. The Hall–Kier alpha value is -2.81. The summed E-state index contributed by atoms with van der Waals surface area (Å²) in [7, 11) is 0. The predicted octanol–water partition coefficient (Wildman–Crippen LogP) is 0.735. The number of nitrogens with one attached hydrogen (secondary N) is 1. The number of anilines is 2. The number of fused-ring (bicyclic) bond motifs is 1. The van der Waals surface area contributed by atoms with Crippen molar-refractivity contribution in [2.75, 3.05) is 29.9 Å². The molecular formula is C16H20N8O. The SMILES string of the molecule is OCC1CCN(c2ccc(CNc3ccc4nnnn4n3)cn2)CC1. The molecule has 1 saturated heterocycles. The summed E-state index contributed by atoms with van der Waals surface area (Å²) in [6.07, 6.45) is 3.93. The second kappa shape index (κ2) is 6.98. The average Bonchev–Trinajstić information content (AvgIpc) is 3.15. The topological polar surface area (TPSA) is 104 Å². The summed E-state index contributed by atoms with van der Waals surface area (Å²) in [5.41, 5.74) is 1.69. The normalized spacial score (nSPS) is 15.6. The van der Waals surface area contributed by atoms with Crippen LogP contribution in [0, 0.1) is 5.92 Å². The van der Waals surface area contributed by atoms with Gasteiger partial charge in [0.1, 0.15) is 11.6 Å². The lowest BCUT2D eigenvalue weighted by atomic mass is 9.98. The molecule has 9 heteroatoms. The Morgan fingerprint density at radius 2 is 2.04 bits per heavy atom. The van der Waals surface area contributed by atoms with Gasteiger partial charge in [0.05, 0.1) is 0 Å². The van der Waals surface area contributed by atoms with Crippen LogP contribution in [0.1, 0.15) is 18.4 Å². The molecular weight excluding hydrogens is 320 g/mol. The van der Waals surface area contributed by atoms with Crippen LogP contribution in [0.2, 0.25) is 0 Å². The Kier molecular flexibility index (Phi) is 4.38. The number of nitrogens with zero attached hydrogens (tertiary/aromatic N) is 7. The van der Waals surface area contributed by atoms with Gasteiger partial charge in [0, 0.05) is 32.4 Å². The Labute approximate surface area is 144 Å². The lowest BCUT2D eigenvalue weighted by Gasteiger charge is -2.32. The molecule has 3 aromatic heterocycles. The number of pyridine rings is 1. The third kappa shape index (κ3) is 3.50. The number of aliphatic hydroxyl groups is 1. The molecule has 0 saturated carbocycles. The molecule has 0 aliphatic carbocycles. The first-order valence-corrected chi connectivity index (χ1v) is 8.42. The van der Waals surface area contributed by atoms with E-state index < -0.39 is 0 Å². The largest absolute Gasteiger partial charge is 0.396 e. The number of rotatable bonds is 5. The molecule has 25 heavy (non-hydrogen) atoms. The summed E-state index contributed by atoms with van der Waals surface area (Å²) in [6.45, 7) is 2.81. The van der Waals surface area contributed by atoms with Gasteiger partial charge in [-0.15, -0.1) is 14.8 Å². The minimum Gasteiger partial charge on any atom is -0.396 e. The van der Waals surface area contributed by atoms with Crippen molar-refractivity contribution >= 4 is 17.3 Å². The molecule has 9 nitrogen and oxygen atoms in total. The van der Waals surface area contributed by atoms with Crippen LogP contribution in [0.25, 0.3) is 5.65 Å². The quantitative estimate of drug-likeness (QED) is 0.701. The lowest BCUT2D eigenvalue weighted by Crippen LogP contribution is -2.35. The highest BCUT2D eigenvalue weighted by atomic mass is 16.3. The molecule has 4 heterocycles. The van der Waals surface area contributed by atoms with E-state index in [2.05, 4.69) is 41.9 Å². The predicted molar refractivity (Wildman–Crippen MR) is 92.2 cm³/mol. The van der Waals surface area contributed by atoms with Gasteiger partial charge in [-0.05, 0) is 52.9 Å². The molecule has 0 atom stereocenters. The Morgan fingerprint density at radius 1 is 1.16 bits per heavy atom. The smallest absolute Gasteiger partial charge is 0.200 e. The second-order valence-corrected chi connectivity index (χ2v) is 6.24. The van der Waals surface area contributed by atoms with Gasteiger partial charge in [-0.3, -0.25) is 0 Å². The maximum absolute atomic E-state index is 9.22. The van der Waals surface area contributed by atoms with E-state index in [1.807, 2.05) is 24.4 Å². The van der Waals surface area contributed by atoms with Crippen LogP contribution >= 0.6 is 0 Å². The van der Waals surface area contributed by atoms with E-state index in [1.165, 1.54) is 4.63 Å². The van der Waals surface area contributed by atoms with Crippen molar-refractivity contribution < 1.29 is 5.11 Å². The van der Waals surface area contributed by atoms with E-state index in [-0.39, 0.29) is 6.61 Å². The van der Waals surface area contributed by atoms with Crippen LogP contribution in [0.4, 0.5) is 11.6 Å². The molecule has 1 fully saturated rings. The van der Waals surface area contributed by atoms with Gasteiger partial charge >= 0.3 is 0 Å². The van der Waals surface area contributed by atoms with E-state index in [9.17, 15) is 5.11 Å². The fourth-order valence-corrected chi connectivity index (χ4v) is 2.99. The van der Waals surface area contributed by atoms with Gasteiger partial charge in [-0.2, -0.15) is 0 Å². The Bertz CT molecular complexity index is 826. The van der Waals surface area contributed by atoms with Crippen LogP contribution in [0.5, 0.6) is 0 Å². The zero-order valence-corrected chi connectivity index (χ0v) is 13.8. The summed E-state index contributed by atoms with van der Waals surface area (Å²) >= 11 is 0. The van der Waals surface area contributed by atoms with E-state index >= 15 is 0 Å². The van der Waals surface area contributed by atoms with Crippen LogP contribution in [0.15, 0.2) is 30.5 Å². The van der Waals surface area contributed by atoms with E-state index in [4.69, 9.17) is 0 Å². The molecule has 0 unspecified atom stereocenters. The van der Waals surface area contributed by atoms with Crippen molar-refractivity contribution in [1.29, 1.82) is 0 Å². The van der Waals surface area contributed by atoms with Crippen LogP contribution in [-0.4, -0.2) is 55.0 Å². The molecule has 130 valence electrons. The molecule has 0 amide bonds. The zero-order chi connectivity index (χ0) is 17.1. The fourth-order valence-electron chi connectivity index (χ4n) is 2.99. The first kappa shape index (κ1) is 15.7. The highest BCUT2D eigenvalue weighted by Gasteiger charge is 2.19. The van der Waals surface area contributed by atoms with Crippen molar-refractivity contribution in [2.45, 2.75) is 19.4 Å². The van der Waals surface area contributed by atoms with E-state index in [0.29, 0.717) is 23.9 Å². The van der Waals surface area contributed by atoms with E-state index in [0.717, 1.165) is 37.3 Å². The van der Waals surface area contributed by atoms with Gasteiger partial charge in [0.15, 0.2) is 5.65 Å². The van der Waals surface area contributed by atoms with Crippen LogP contribution in [-0.2, 0) is 6.54 Å². The summed E-state index contributed by atoms with van der Waals surface area (Å²) in [5.74, 6) is 2.13. The number of aliphatic hydroxyl groups excluding tert-OH is 1. The van der Waals surface area contributed by atoms with Gasteiger partial charge in [-0.25, -0.2) is 4.98 Å². The molecule has 1 aliphatic heterocycles. The first-order chi connectivity index (χ1) is 12.3. The Balaban J connectivity index is 1.35. The maximum atomic E-state index is 9.22. The molecule has 2 N–H and O–H groups in total. The highest BCUT2D eigenvalue weighted by molar-refractivity contribution is 5.43. The van der Waals surface area contributed by atoms with Gasteiger partial charge in [0.2, 0.25) is 0 Å². The number of tetrazole rings is 1. The zero-order valence-electron chi connectivity index (χ0n) is 13.8. The molecule has 3 aromatic rings. The van der Waals surface area contributed by atoms with Crippen molar-refractivity contribution in [1.82, 2.24) is 30.2 Å². The minimum atomic E-state index is 0.288. The van der Waals surface area contributed by atoms with Gasteiger partial charge in [-0.1, -0.05) is 6.07 Å². The monoisotopic (exact) mass is 340 g/mol. The second-order valence-electron chi connectivity index (χ2n) is 6.24. The third-order valence-corrected chi connectivity index (χ3v) is 4.55. The molecule has 0 aromatic carbocycles. The van der Waals surface area contributed by atoms with Gasteiger partial charge in [0.25, 0.3) is 0 Å². The lowest BCUT2D eigenvalue weighted by molar-refractivity contribution is 0.203. The highest BCUT2D eigenvalue weighted by Crippen LogP contribution is 2.21. The number of piperidine rings is 1. The minimum absolute atomic E-state index is 0.288. The summed E-state index contributed by atoms with van der Waals surface area (Å²) in [6, 6.07) is 7.78. The summed E-state index contributed by atoms with van der Waals surface area (Å²) < 4.78 is 1.39. The average molecular weight is 340 g/mol. The molecule has 0 radical (unpaired) electrons. The number of hydrogen-bond acceptors (Lipinski definition) is 8. The molecule has 0 bridgehead atoms. The standard InChI is InChI=1S/C16H20N8O/c25-11-12-5-7-23(8-6-12)15-3-1-13(10-18-15)9-17-14-2-4-16-19-21-22-24(16)20-14/h1-4,10,12,25H,5-9,11H2,(H,17,20). The van der Waals surface area contributed by atoms with Gasteiger partial charge < -0.3 is 15.3 Å². The third-order valence-electron chi connectivity index (χ3n) is 4.55. The number of hydrogen-bond donors (Lipinski definition) is 2. The fraction of sp³-hybridized carbons (Fsp3) is 0.438. The van der Waals surface area contributed by atoms with Crippen molar-refractivity contribution in [3.05, 3.63) is 36.0 Å². The summed E-state index contributed by atoms with van der Waals surface area (Å²) in [4.78, 5) is 6.85. The van der Waals surface area contributed by atoms with Crippen LogP contribution < -0.4 is 10.2 Å². The number of aromatic nitrogens is 6. The van der Waals surface area contributed by atoms with Crippen molar-refractivity contribution in [3.63, 3.8) is 0 Å². The van der Waals surface area contributed by atoms with Crippen LogP contribution in [0.3, 0.4) is 0 Å². The maximum Gasteiger partial charge on any atom is 0.200 e. The Morgan fingerprint density at radius 3 is 2.80 bits per heavy atom. The van der Waals surface area contributed by atoms with E-state index in [1.54, 1.807) is 0 Å². The molecule has 4 rings (SSSR count). The molecule has 1 aliphatic rings. The van der Waals surface area contributed by atoms with Crippen molar-refractivity contribution in [2.24, 2.45) is 5.92 Å². The van der Waals surface area contributed by atoms with Crippen molar-refractivity contribution in [3.8, 4) is 0 Å².